The monoisotopic (exact) mass is 290 g/mol. The highest BCUT2D eigenvalue weighted by Gasteiger charge is 2.10. The normalized spacial score (nSPS) is 10.1. The van der Waals surface area contributed by atoms with Crippen molar-refractivity contribution in [1.82, 2.24) is 0 Å². The van der Waals surface area contributed by atoms with Crippen molar-refractivity contribution in [2.45, 2.75) is 27.7 Å². The molecule has 1 nitrogen and oxygen atoms in total. The number of hydrogen-bond acceptors (Lipinski definition) is 1. The summed E-state index contributed by atoms with van der Waals surface area (Å²) in [6.07, 6.45) is 13.3. The summed E-state index contributed by atoms with van der Waals surface area (Å²) in [5, 5.41) is 0. The average molecular weight is 291 g/mol. The van der Waals surface area contributed by atoms with Crippen LogP contribution in [0, 0.1) is 19.8 Å². The van der Waals surface area contributed by atoms with Gasteiger partial charge in [0.25, 0.3) is 0 Å². The Morgan fingerprint density at radius 2 is 1.80 bits per heavy atom. The maximum absolute atomic E-state index is 12.1. The Balaban J connectivity index is 0. The quantitative estimate of drug-likeness (QED) is 0.245. The number of benzene rings is 1. The smallest absolute Gasteiger partial charge is 0.192 e. The number of halogens is 1. The number of carbonyl (C=O) groups is 1. The molecule has 0 saturated heterocycles. The van der Waals surface area contributed by atoms with E-state index in [0.29, 0.717) is 11.5 Å². The van der Waals surface area contributed by atoms with Gasteiger partial charge in [0.1, 0.15) is 0 Å². The highest BCUT2D eigenvalue weighted by molar-refractivity contribution is 6.19. The zero-order valence-electron chi connectivity index (χ0n) is 12.7. The zero-order valence-corrected chi connectivity index (χ0v) is 13.4. The van der Waals surface area contributed by atoms with E-state index in [-0.39, 0.29) is 5.78 Å². The fourth-order valence-electron chi connectivity index (χ4n) is 1.46. The van der Waals surface area contributed by atoms with Gasteiger partial charge in [-0.15, -0.1) is 24.4 Å². The molecule has 0 fully saturated rings. The fraction of sp³-hybridized carbons (Fsp3) is 0.278. The summed E-state index contributed by atoms with van der Waals surface area (Å²) in [5.74, 6) is 0.459. The van der Waals surface area contributed by atoms with E-state index >= 15 is 0 Å². The second-order valence-electron chi connectivity index (χ2n) is 3.44. The molecule has 0 amide bonds. The summed E-state index contributed by atoms with van der Waals surface area (Å²) in [5.41, 5.74) is 2.41. The molecule has 0 atom stereocenters. The van der Waals surface area contributed by atoms with Gasteiger partial charge in [-0.1, -0.05) is 56.3 Å². The number of hydrogen-bond donors (Lipinski definition) is 0. The van der Waals surface area contributed by atoms with Crippen molar-refractivity contribution in [1.29, 1.82) is 0 Å². The molecule has 0 spiro atoms. The van der Waals surface area contributed by atoms with Gasteiger partial charge >= 0.3 is 0 Å². The molecular weight excluding hydrogens is 268 g/mol. The predicted octanol–water partition coefficient (Wildman–Crippen LogP) is 5.19. The molecule has 20 heavy (non-hydrogen) atoms. The van der Waals surface area contributed by atoms with Crippen LogP contribution >= 0.6 is 11.6 Å². The highest BCUT2D eigenvalue weighted by Crippen LogP contribution is 2.14. The van der Waals surface area contributed by atoms with Crippen LogP contribution in [0.5, 0.6) is 0 Å². The van der Waals surface area contributed by atoms with Crippen LogP contribution in [0.3, 0.4) is 0 Å². The molecule has 0 heterocycles. The van der Waals surface area contributed by atoms with Gasteiger partial charge in [0.15, 0.2) is 5.78 Å². The molecule has 0 radical (unpaired) electrons. The number of Topliss-reactive ketones (excluding diaryl/α,β-unsaturated/α-hetero) is 1. The van der Waals surface area contributed by atoms with Gasteiger partial charge in [-0.2, -0.15) is 0 Å². The van der Waals surface area contributed by atoms with Crippen LogP contribution in [0.15, 0.2) is 48.1 Å². The van der Waals surface area contributed by atoms with E-state index in [1.165, 1.54) is 0 Å². The first-order chi connectivity index (χ1) is 9.70. The summed E-state index contributed by atoms with van der Waals surface area (Å²) >= 11 is 5.56. The van der Waals surface area contributed by atoms with Gasteiger partial charge < -0.3 is 0 Å². The van der Waals surface area contributed by atoms with Crippen LogP contribution in [0.25, 0.3) is 0 Å². The molecule has 0 unspecified atom stereocenters. The minimum Gasteiger partial charge on any atom is -0.289 e. The zero-order chi connectivity index (χ0) is 16.0. The summed E-state index contributed by atoms with van der Waals surface area (Å²) in [7, 11) is 0. The Morgan fingerprint density at radius 3 is 2.25 bits per heavy atom. The standard InChI is InChI=1S/C14H15ClO.C2H6.C2H2/c1-3-12(8-6-10-15)14(16)13-9-5-4-7-11(13)2;2*1-2/h3-9H,10H2,1-2H3;1-2H3;1-2H/b8-6-,12-3+;;. The molecule has 0 aromatic heterocycles. The van der Waals surface area contributed by atoms with Gasteiger partial charge in [-0.25, -0.2) is 0 Å². The number of ketones is 1. The molecule has 1 aromatic carbocycles. The number of allylic oxidation sites excluding steroid dienone is 4. The number of carbonyl (C=O) groups excluding carboxylic acids is 1. The number of aryl methyl sites for hydroxylation is 1. The van der Waals surface area contributed by atoms with E-state index in [1.807, 2.05) is 52.0 Å². The number of rotatable bonds is 4. The summed E-state index contributed by atoms with van der Waals surface area (Å²) in [4.78, 5) is 12.1. The molecule has 0 aliphatic carbocycles. The van der Waals surface area contributed by atoms with Gasteiger partial charge in [0.2, 0.25) is 0 Å². The average Bonchev–Trinajstić information content (AvgIpc) is 2.52. The van der Waals surface area contributed by atoms with Crippen molar-refractivity contribution in [2.24, 2.45) is 0 Å². The molecule has 1 rings (SSSR count). The molecule has 0 aliphatic heterocycles. The minimum atomic E-state index is 0.0435. The third kappa shape index (κ3) is 6.97. The van der Waals surface area contributed by atoms with Crippen LogP contribution in [-0.4, -0.2) is 11.7 Å². The highest BCUT2D eigenvalue weighted by atomic mass is 35.5. The first-order valence-electron chi connectivity index (χ1n) is 6.53. The first-order valence-corrected chi connectivity index (χ1v) is 7.06. The largest absolute Gasteiger partial charge is 0.289 e. The Labute approximate surface area is 128 Å². The van der Waals surface area contributed by atoms with Crippen molar-refractivity contribution in [2.75, 3.05) is 5.88 Å². The molecule has 108 valence electrons. The van der Waals surface area contributed by atoms with Crippen molar-refractivity contribution >= 4 is 17.4 Å². The van der Waals surface area contributed by atoms with E-state index in [2.05, 4.69) is 12.8 Å². The summed E-state index contributed by atoms with van der Waals surface area (Å²) in [6.45, 7) is 7.79. The van der Waals surface area contributed by atoms with Crippen LogP contribution in [0.4, 0.5) is 0 Å². The lowest BCUT2D eigenvalue weighted by Crippen LogP contribution is -2.03. The van der Waals surface area contributed by atoms with Crippen molar-refractivity contribution in [3.8, 4) is 12.8 Å². The van der Waals surface area contributed by atoms with Crippen LogP contribution in [0.1, 0.15) is 36.7 Å². The van der Waals surface area contributed by atoms with Crippen LogP contribution < -0.4 is 0 Å². The van der Waals surface area contributed by atoms with E-state index in [9.17, 15) is 4.79 Å². The lowest BCUT2D eigenvalue weighted by Gasteiger charge is -2.04. The lowest BCUT2D eigenvalue weighted by atomic mass is 9.99. The van der Waals surface area contributed by atoms with E-state index in [0.717, 1.165) is 11.1 Å². The van der Waals surface area contributed by atoms with Crippen molar-refractivity contribution in [3.63, 3.8) is 0 Å². The first kappa shape index (κ1) is 20.5. The number of alkyl halides is 1. The Hall–Kier alpha value is -1.78. The molecule has 0 bridgehead atoms. The summed E-state index contributed by atoms with van der Waals surface area (Å²) in [6, 6.07) is 7.58. The van der Waals surface area contributed by atoms with Gasteiger partial charge in [0.05, 0.1) is 0 Å². The lowest BCUT2D eigenvalue weighted by molar-refractivity contribution is 0.103. The Kier molecular flexibility index (Phi) is 14.0. The maximum atomic E-state index is 12.1. The molecule has 2 heteroatoms. The Bertz CT molecular complexity index is 467. The van der Waals surface area contributed by atoms with E-state index in [1.54, 1.807) is 18.2 Å². The topological polar surface area (TPSA) is 17.1 Å². The van der Waals surface area contributed by atoms with Gasteiger partial charge in [-0.05, 0) is 19.4 Å². The van der Waals surface area contributed by atoms with Crippen molar-refractivity contribution < 1.29 is 4.79 Å². The summed E-state index contributed by atoms with van der Waals surface area (Å²) < 4.78 is 0. The van der Waals surface area contributed by atoms with Gasteiger partial charge in [0, 0.05) is 17.0 Å². The molecule has 0 N–H and O–H groups in total. The minimum absolute atomic E-state index is 0.0435. The van der Waals surface area contributed by atoms with E-state index in [4.69, 9.17) is 11.6 Å². The van der Waals surface area contributed by atoms with Crippen molar-refractivity contribution in [3.05, 3.63) is 59.2 Å². The predicted molar refractivity (Wildman–Crippen MR) is 90.4 cm³/mol. The SMILES string of the molecule is C#C.C/C=C(\C=C/CCl)C(=O)c1ccccc1C.CC. The second kappa shape index (κ2) is 13.6. The second-order valence-corrected chi connectivity index (χ2v) is 3.75. The molecule has 0 saturated carbocycles. The van der Waals surface area contributed by atoms with Crippen LogP contribution in [-0.2, 0) is 0 Å². The third-order valence-electron chi connectivity index (χ3n) is 2.35. The molecule has 1 aromatic rings. The van der Waals surface area contributed by atoms with E-state index < -0.39 is 0 Å². The van der Waals surface area contributed by atoms with Crippen LogP contribution in [0.2, 0.25) is 0 Å². The third-order valence-corrected chi connectivity index (χ3v) is 2.53. The maximum Gasteiger partial charge on any atom is 0.192 e. The Morgan fingerprint density at radius 1 is 1.25 bits per heavy atom. The number of terminal acetylenes is 1. The fourth-order valence-corrected chi connectivity index (χ4v) is 1.55. The molecular formula is C18H23ClO. The molecule has 0 aliphatic rings. The van der Waals surface area contributed by atoms with Gasteiger partial charge in [-0.3, -0.25) is 4.79 Å².